The summed E-state index contributed by atoms with van der Waals surface area (Å²) in [5, 5.41) is 1.28. The van der Waals surface area contributed by atoms with Gasteiger partial charge in [-0.3, -0.25) is 0 Å². The molecule has 0 saturated carbocycles. The lowest BCUT2D eigenvalue weighted by molar-refractivity contribution is 0.852. The maximum atomic E-state index is 6.81. The Balaban J connectivity index is 2.56. The van der Waals surface area contributed by atoms with Gasteiger partial charge in [-0.1, -0.05) is 18.2 Å². The van der Waals surface area contributed by atoms with Crippen molar-refractivity contribution in [1.29, 1.82) is 0 Å². The molecule has 0 N–H and O–H groups in total. The van der Waals surface area contributed by atoms with Crippen molar-refractivity contribution in [3.8, 4) is 0 Å². The van der Waals surface area contributed by atoms with Crippen LogP contribution in [0.15, 0.2) is 24.3 Å². The van der Waals surface area contributed by atoms with Crippen LogP contribution in [-0.2, 0) is 13.5 Å². The van der Waals surface area contributed by atoms with Crippen LogP contribution in [0.25, 0.3) is 15.7 Å². The molecule has 1 aromatic carbocycles. The van der Waals surface area contributed by atoms with E-state index in [1.54, 1.807) is 0 Å². The van der Waals surface area contributed by atoms with E-state index in [2.05, 4.69) is 47.6 Å². The van der Waals surface area contributed by atoms with E-state index in [1.165, 1.54) is 22.2 Å². The molecule has 0 fully saturated rings. The Kier molecular flexibility index (Phi) is 2.47. The molecule has 0 aliphatic carbocycles. The zero-order valence-corrected chi connectivity index (χ0v) is 9.12. The first-order chi connectivity index (χ1) is 7.24. The van der Waals surface area contributed by atoms with Gasteiger partial charge in [0.05, 0.1) is 11.9 Å². The molecule has 1 aromatic heterocycles. The molecule has 76 valence electrons. The fourth-order valence-corrected chi connectivity index (χ4v) is 2.09. The molecule has 1 heterocycles. The van der Waals surface area contributed by atoms with Crippen molar-refractivity contribution in [2.24, 2.45) is 7.05 Å². The number of aryl methyl sites for hydroxylation is 2. The number of aromatic nitrogens is 1. The number of benzene rings is 1. The van der Waals surface area contributed by atoms with Gasteiger partial charge >= 0.3 is 0 Å². The summed E-state index contributed by atoms with van der Waals surface area (Å²) in [4.78, 5) is 3.40. The molecule has 2 aromatic rings. The Morgan fingerprint density at radius 2 is 2.20 bits per heavy atom. The number of rotatable bonds is 2. The van der Waals surface area contributed by atoms with Crippen LogP contribution >= 0.6 is 0 Å². The van der Waals surface area contributed by atoms with Crippen molar-refractivity contribution in [2.75, 3.05) is 6.54 Å². The van der Waals surface area contributed by atoms with Gasteiger partial charge in [-0.2, -0.15) is 0 Å². The summed E-state index contributed by atoms with van der Waals surface area (Å²) in [6.45, 7) is 9.51. The summed E-state index contributed by atoms with van der Waals surface area (Å²) in [5.41, 5.74) is 3.83. The first kappa shape index (κ1) is 9.79. The van der Waals surface area contributed by atoms with Crippen LogP contribution in [0.2, 0.25) is 0 Å². The minimum Gasteiger partial charge on any atom is -0.347 e. The zero-order chi connectivity index (χ0) is 10.8. The summed E-state index contributed by atoms with van der Waals surface area (Å²) in [6.07, 6.45) is 0.841. The monoisotopic (exact) mass is 198 g/mol. The molecule has 0 radical (unpaired) electrons. The van der Waals surface area contributed by atoms with Gasteiger partial charge in [0.15, 0.2) is 0 Å². The number of fused-ring (bicyclic) bond motifs is 1. The van der Waals surface area contributed by atoms with Gasteiger partial charge in [0.25, 0.3) is 0 Å². The van der Waals surface area contributed by atoms with Crippen LogP contribution in [-0.4, -0.2) is 11.1 Å². The van der Waals surface area contributed by atoms with E-state index in [0.717, 1.165) is 6.42 Å². The molecule has 0 atom stereocenters. The van der Waals surface area contributed by atoms with E-state index in [4.69, 9.17) is 6.57 Å². The molecular weight excluding hydrogens is 184 g/mol. The minimum atomic E-state index is 0.573. The van der Waals surface area contributed by atoms with Crippen molar-refractivity contribution >= 4 is 10.9 Å². The highest BCUT2D eigenvalue weighted by molar-refractivity contribution is 5.84. The molecule has 2 rings (SSSR count). The van der Waals surface area contributed by atoms with Gasteiger partial charge < -0.3 is 9.41 Å². The van der Waals surface area contributed by atoms with Gasteiger partial charge in [0, 0.05) is 18.1 Å². The average molecular weight is 198 g/mol. The van der Waals surface area contributed by atoms with Crippen LogP contribution in [0.3, 0.4) is 0 Å². The molecule has 2 nitrogen and oxygen atoms in total. The predicted octanol–water partition coefficient (Wildman–Crippen LogP) is 2.95. The van der Waals surface area contributed by atoms with Crippen molar-refractivity contribution in [3.63, 3.8) is 0 Å². The van der Waals surface area contributed by atoms with E-state index in [0.29, 0.717) is 6.54 Å². The molecule has 0 aliphatic heterocycles. The van der Waals surface area contributed by atoms with Gasteiger partial charge in [-0.25, -0.2) is 6.57 Å². The maximum absolute atomic E-state index is 6.81. The highest BCUT2D eigenvalue weighted by Gasteiger charge is 2.07. The first-order valence-electron chi connectivity index (χ1n) is 5.11. The normalized spacial score (nSPS) is 10.5. The summed E-state index contributed by atoms with van der Waals surface area (Å²) in [6, 6.07) is 8.52. The number of hydrogen-bond donors (Lipinski definition) is 0. The molecule has 15 heavy (non-hydrogen) atoms. The quantitative estimate of drug-likeness (QED) is 0.656. The standard InChI is InChI=1S/C13H14N2/c1-10-5-4-6-11-9-12(7-8-14-2)15(3)13(10)11/h4-6,9H,7-8H2,1,3H3. The lowest BCUT2D eigenvalue weighted by Gasteiger charge is -2.03. The number of para-hydroxylation sites is 1. The lowest BCUT2D eigenvalue weighted by atomic mass is 10.2. The Morgan fingerprint density at radius 3 is 2.87 bits per heavy atom. The van der Waals surface area contributed by atoms with Gasteiger partial charge in [0.1, 0.15) is 0 Å². The Hall–Kier alpha value is -1.75. The van der Waals surface area contributed by atoms with Crippen molar-refractivity contribution in [3.05, 3.63) is 46.9 Å². The number of nitrogens with zero attached hydrogens (tertiary/aromatic N) is 2. The SMILES string of the molecule is [C-]#[N+]CCc1cc2cccc(C)c2n1C. The molecule has 0 bridgehead atoms. The highest BCUT2D eigenvalue weighted by Crippen LogP contribution is 2.22. The Morgan fingerprint density at radius 1 is 1.40 bits per heavy atom. The topological polar surface area (TPSA) is 9.29 Å². The van der Waals surface area contributed by atoms with Crippen LogP contribution in [0.5, 0.6) is 0 Å². The molecule has 0 saturated heterocycles. The first-order valence-corrected chi connectivity index (χ1v) is 5.11. The van der Waals surface area contributed by atoms with Crippen molar-refractivity contribution in [2.45, 2.75) is 13.3 Å². The summed E-state index contributed by atoms with van der Waals surface area (Å²) in [7, 11) is 2.08. The zero-order valence-electron chi connectivity index (χ0n) is 9.12. The molecule has 0 unspecified atom stereocenters. The van der Waals surface area contributed by atoms with Gasteiger partial charge in [-0.15, -0.1) is 0 Å². The second-order valence-electron chi connectivity index (χ2n) is 3.84. The van der Waals surface area contributed by atoms with E-state index in [1.807, 2.05) is 0 Å². The number of hydrogen-bond acceptors (Lipinski definition) is 0. The second kappa shape index (κ2) is 3.78. The fourth-order valence-electron chi connectivity index (χ4n) is 2.09. The van der Waals surface area contributed by atoms with Crippen LogP contribution in [0, 0.1) is 13.5 Å². The van der Waals surface area contributed by atoms with E-state index in [9.17, 15) is 0 Å². The second-order valence-corrected chi connectivity index (χ2v) is 3.84. The highest BCUT2D eigenvalue weighted by atomic mass is 14.9. The van der Waals surface area contributed by atoms with E-state index in [-0.39, 0.29) is 0 Å². The maximum Gasteiger partial charge on any atom is 0.220 e. The van der Waals surface area contributed by atoms with Gasteiger partial charge in [-0.05, 0) is 18.6 Å². The van der Waals surface area contributed by atoms with Crippen LogP contribution in [0.1, 0.15) is 11.3 Å². The Labute approximate surface area is 90.0 Å². The average Bonchev–Trinajstić information content (AvgIpc) is 2.54. The van der Waals surface area contributed by atoms with E-state index >= 15 is 0 Å². The van der Waals surface area contributed by atoms with Crippen molar-refractivity contribution in [1.82, 2.24) is 4.57 Å². The third-order valence-corrected chi connectivity index (χ3v) is 2.84. The molecule has 0 amide bonds. The largest absolute Gasteiger partial charge is 0.347 e. The smallest absolute Gasteiger partial charge is 0.220 e. The third-order valence-electron chi connectivity index (χ3n) is 2.84. The summed E-state index contributed by atoms with van der Waals surface area (Å²) >= 11 is 0. The summed E-state index contributed by atoms with van der Waals surface area (Å²) in [5.74, 6) is 0. The summed E-state index contributed by atoms with van der Waals surface area (Å²) < 4.78 is 2.20. The van der Waals surface area contributed by atoms with Crippen molar-refractivity contribution < 1.29 is 0 Å². The lowest BCUT2D eigenvalue weighted by Crippen LogP contribution is -1.98. The predicted molar refractivity (Wildman–Crippen MR) is 62.8 cm³/mol. The molecule has 2 heteroatoms. The molecular formula is C13H14N2. The van der Waals surface area contributed by atoms with Crippen LogP contribution < -0.4 is 0 Å². The van der Waals surface area contributed by atoms with Crippen LogP contribution in [0.4, 0.5) is 0 Å². The van der Waals surface area contributed by atoms with E-state index < -0.39 is 0 Å². The molecule has 0 aliphatic rings. The fraction of sp³-hybridized carbons (Fsp3) is 0.308. The third kappa shape index (κ3) is 1.61. The molecule has 0 spiro atoms. The van der Waals surface area contributed by atoms with Gasteiger partial charge in [0.2, 0.25) is 6.54 Å². The Bertz CT molecular complexity index is 529. The minimum absolute atomic E-state index is 0.573.